The summed E-state index contributed by atoms with van der Waals surface area (Å²) >= 11 is 0. The predicted octanol–water partition coefficient (Wildman–Crippen LogP) is 3.41. The summed E-state index contributed by atoms with van der Waals surface area (Å²) in [6, 6.07) is 16.0. The fourth-order valence-electron chi connectivity index (χ4n) is 3.17. The topological polar surface area (TPSA) is 38.1 Å². The third-order valence-corrected chi connectivity index (χ3v) is 4.50. The number of hydrogen-bond acceptors (Lipinski definition) is 3. The number of para-hydroxylation sites is 1. The maximum absolute atomic E-state index is 12.6. The Kier molecular flexibility index (Phi) is 3.45. The van der Waals surface area contributed by atoms with Gasteiger partial charge in [0.1, 0.15) is 5.82 Å². The van der Waals surface area contributed by atoms with Gasteiger partial charge < -0.3 is 4.90 Å². The zero-order valence-electron chi connectivity index (χ0n) is 13.9. The predicted molar refractivity (Wildman–Crippen MR) is 99.3 cm³/mol. The number of hydrogen-bond donors (Lipinski definition) is 0. The molecule has 0 radical (unpaired) electrons. The van der Waals surface area contributed by atoms with Crippen LogP contribution in [0.2, 0.25) is 0 Å². The van der Waals surface area contributed by atoms with E-state index in [-0.39, 0.29) is 5.56 Å². The Morgan fingerprint density at radius 3 is 2.58 bits per heavy atom. The molecule has 0 N–H and O–H groups in total. The Morgan fingerprint density at radius 1 is 1.08 bits per heavy atom. The van der Waals surface area contributed by atoms with Gasteiger partial charge in [-0.3, -0.25) is 9.36 Å². The Bertz CT molecular complexity index is 998. The molecule has 0 unspecified atom stereocenters. The monoisotopic (exact) mass is 317 g/mol. The van der Waals surface area contributed by atoms with E-state index in [2.05, 4.69) is 35.2 Å². The first kappa shape index (κ1) is 14.7. The van der Waals surface area contributed by atoms with Gasteiger partial charge in [0.05, 0.1) is 10.9 Å². The molecule has 0 aliphatic carbocycles. The Balaban J connectivity index is 1.79. The highest BCUT2D eigenvalue weighted by atomic mass is 16.1. The Labute approximate surface area is 140 Å². The SMILES string of the molecule is CN(C)c1ccc(/C=C2\CCn3c2nc2ccccc2c3=O)cc1. The van der Waals surface area contributed by atoms with E-state index in [4.69, 9.17) is 4.98 Å². The van der Waals surface area contributed by atoms with Crippen LogP contribution in [0.5, 0.6) is 0 Å². The number of anilines is 1. The summed E-state index contributed by atoms with van der Waals surface area (Å²) < 4.78 is 1.79. The van der Waals surface area contributed by atoms with E-state index < -0.39 is 0 Å². The van der Waals surface area contributed by atoms with Crippen LogP contribution in [0.25, 0.3) is 22.6 Å². The smallest absolute Gasteiger partial charge is 0.261 e. The van der Waals surface area contributed by atoms with Gasteiger partial charge in [-0.05, 0) is 47.9 Å². The molecule has 0 atom stereocenters. The third kappa shape index (κ3) is 2.40. The van der Waals surface area contributed by atoms with Crippen LogP contribution < -0.4 is 10.5 Å². The third-order valence-electron chi connectivity index (χ3n) is 4.50. The van der Waals surface area contributed by atoms with Gasteiger partial charge in [-0.15, -0.1) is 0 Å². The maximum Gasteiger partial charge on any atom is 0.261 e. The lowest BCUT2D eigenvalue weighted by molar-refractivity contribution is 0.725. The average molecular weight is 317 g/mol. The molecule has 1 aromatic heterocycles. The van der Waals surface area contributed by atoms with Crippen molar-refractivity contribution in [2.75, 3.05) is 19.0 Å². The van der Waals surface area contributed by atoms with E-state index in [0.717, 1.165) is 28.9 Å². The van der Waals surface area contributed by atoms with E-state index in [1.807, 2.05) is 38.4 Å². The Hall–Kier alpha value is -2.88. The molecule has 4 heteroatoms. The number of rotatable bonds is 2. The minimum atomic E-state index is 0.0574. The summed E-state index contributed by atoms with van der Waals surface area (Å²) in [4.78, 5) is 19.4. The molecule has 0 amide bonds. The molecule has 2 aromatic carbocycles. The highest BCUT2D eigenvalue weighted by Gasteiger charge is 2.20. The molecular weight excluding hydrogens is 298 g/mol. The quantitative estimate of drug-likeness (QED) is 0.727. The van der Waals surface area contributed by atoms with Crippen molar-refractivity contribution >= 4 is 28.2 Å². The molecule has 4 rings (SSSR count). The molecule has 4 nitrogen and oxygen atoms in total. The zero-order chi connectivity index (χ0) is 16.7. The fraction of sp³-hybridized carbons (Fsp3) is 0.200. The second-order valence-corrected chi connectivity index (χ2v) is 6.31. The van der Waals surface area contributed by atoms with Crippen molar-refractivity contribution in [1.29, 1.82) is 0 Å². The van der Waals surface area contributed by atoms with E-state index in [0.29, 0.717) is 11.9 Å². The van der Waals surface area contributed by atoms with E-state index in [1.54, 1.807) is 4.57 Å². The van der Waals surface area contributed by atoms with Crippen molar-refractivity contribution in [3.63, 3.8) is 0 Å². The molecular formula is C20H19N3O. The van der Waals surface area contributed by atoms with Crippen LogP contribution in [0, 0.1) is 0 Å². The minimum Gasteiger partial charge on any atom is -0.378 e. The summed E-state index contributed by atoms with van der Waals surface area (Å²) in [6.07, 6.45) is 2.98. The maximum atomic E-state index is 12.6. The van der Waals surface area contributed by atoms with E-state index in [1.165, 1.54) is 5.69 Å². The van der Waals surface area contributed by atoms with Gasteiger partial charge in [0, 0.05) is 26.3 Å². The summed E-state index contributed by atoms with van der Waals surface area (Å²) in [5.41, 5.74) is 4.25. The number of allylic oxidation sites excluding steroid dienone is 1. The van der Waals surface area contributed by atoms with Crippen molar-refractivity contribution < 1.29 is 0 Å². The summed E-state index contributed by atoms with van der Waals surface area (Å²) in [6.45, 7) is 0.702. The molecule has 0 bridgehead atoms. The largest absolute Gasteiger partial charge is 0.378 e. The van der Waals surface area contributed by atoms with E-state index in [9.17, 15) is 4.79 Å². The van der Waals surface area contributed by atoms with Gasteiger partial charge in [0.25, 0.3) is 5.56 Å². The molecule has 1 aliphatic rings. The van der Waals surface area contributed by atoms with Crippen LogP contribution in [0.15, 0.2) is 53.3 Å². The molecule has 0 spiro atoms. The van der Waals surface area contributed by atoms with Crippen LogP contribution >= 0.6 is 0 Å². The van der Waals surface area contributed by atoms with Crippen LogP contribution in [0.3, 0.4) is 0 Å². The second-order valence-electron chi connectivity index (χ2n) is 6.31. The van der Waals surface area contributed by atoms with Gasteiger partial charge >= 0.3 is 0 Å². The van der Waals surface area contributed by atoms with E-state index >= 15 is 0 Å². The van der Waals surface area contributed by atoms with Gasteiger partial charge in [-0.1, -0.05) is 24.3 Å². The lowest BCUT2D eigenvalue weighted by Gasteiger charge is -2.12. The molecule has 0 saturated heterocycles. The van der Waals surface area contributed by atoms with Crippen LogP contribution in [-0.4, -0.2) is 23.6 Å². The normalized spacial score (nSPS) is 15.0. The lowest BCUT2D eigenvalue weighted by atomic mass is 10.1. The zero-order valence-corrected chi connectivity index (χ0v) is 13.9. The molecule has 24 heavy (non-hydrogen) atoms. The summed E-state index contributed by atoms with van der Waals surface area (Å²) in [7, 11) is 4.06. The van der Waals surface area contributed by atoms with Gasteiger partial charge in [0.2, 0.25) is 0 Å². The summed E-state index contributed by atoms with van der Waals surface area (Å²) in [5.74, 6) is 0.801. The number of aromatic nitrogens is 2. The van der Waals surface area contributed by atoms with Gasteiger partial charge in [0.15, 0.2) is 0 Å². The standard InChI is InChI=1S/C20H19N3O/c1-22(2)16-9-7-14(8-10-16)13-15-11-12-23-19(15)21-18-6-4-3-5-17(18)20(23)24/h3-10,13H,11-12H2,1-2H3/b15-13+. The molecule has 1 aliphatic heterocycles. The molecule has 3 aromatic rings. The van der Waals surface area contributed by atoms with Crippen molar-refractivity contribution in [2.24, 2.45) is 0 Å². The average Bonchev–Trinajstić information content (AvgIpc) is 2.99. The van der Waals surface area contributed by atoms with Crippen molar-refractivity contribution in [1.82, 2.24) is 9.55 Å². The van der Waals surface area contributed by atoms with Crippen LogP contribution in [-0.2, 0) is 6.54 Å². The number of benzene rings is 2. The molecule has 0 fully saturated rings. The number of fused-ring (bicyclic) bond motifs is 2. The Morgan fingerprint density at radius 2 is 1.83 bits per heavy atom. The van der Waals surface area contributed by atoms with Gasteiger partial charge in [-0.25, -0.2) is 4.98 Å². The summed E-state index contributed by atoms with van der Waals surface area (Å²) in [5, 5.41) is 0.692. The highest BCUT2D eigenvalue weighted by Crippen LogP contribution is 2.27. The molecule has 2 heterocycles. The first-order chi connectivity index (χ1) is 11.6. The van der Waals surface area contributed by atoms with Crippen molar-refractivity contribution in [3.8, 4) is 0 Å². The van der Waals surface area contributed by atoms with Crippen LogP contribution in [0.4, 0.5) is 5.69 Å². The fourth-order valence-corrected chi connectivity index (χ4v) is 3.17. The lowest BCUT2D eigenvalue weighted by Crippen LogP contribution is -2.20. The van der Waals surface area contributed by atoms with Gasteiger partial charge in [-0.2, -0.15) is 0 Å². The van der Waals surface area contributed by atoms with Crippen LogP contribution in [0.1, 0.15) is 17.8 Å². The molecule has 120 valence electrons. The first-order valence-electron chi connectivity index (χ1n) is 8.11. The highest BCUT2D eigenvalue weighted by molar-refractivity contribution is 5.84. The second kappa shape index (κ2) is 5.64. The van der Waals surface area contributed by atoms with Crippen molar-refractivity contribution in [2.45, 2.75) is 13.0 Å². The van der Waals surface area contributed by atoms with Crippen molar-refractivity contribution in [3.05, 3.63) is 70.3 Å². The minimum absolute atomic E-state index is 0.0574. The number of nitrogens with zero attached hydrogens (tertiary/aromatic N) is 3. The first-order valence-corrected chi connectivity index (χ1v) is 8.11. The molecule has 0 saturated carbocycles.